The Morgan fingerprint density at radius 2 is 1.21 bits per heavy atom. The van der Waals surface area contributed by atoms with Crippen LogP contribution in [0.5, 0.6) is 0 Å². The molecule has 1 fully saturated rings. The number of benzene rings is 2. The molecule has 2 aromatic rings. The zero-order chi connectivity index (χ0) is 13.1. The Morgan fingerprint density at radius 1 is 0.789 bits per heavy atom. The molecule has 0 bridgehead atoms. The van der Waals surface area contributed by atoms with Crippen molar-refractivity contribution >= 4 is 14.1 Å². The van der Waals surface area contributed by atoms with Crippen molar-refractivity contribution in [1.82, 2.24) is 0 Å². The molecule has 0 radical (unpaired) electrons. The molecule has 1 saturated heterocycles. The summed E-state index contributed by atoms with van der Waals surface area (Å²) in [6.07, 6.45) is 2.79. The third-order valence-corrected chi connectivity index (χ3v) is 9.20. The summed E-state index contributed by atoms with van der Waals surface area (Å²) in [4.78, 5) is 0. The Hall–Kier alpha value is -1.03. The quantitative estimate of drug-likeness (QED) is 0.689. The largest absolute Gasteiger partial charge is 0.280 e. The first kappa shape index (κ1) is 13.0. The number of hydrogen-bond donors (Lipinski definition) is 0. The zero-order valence-corrected chi connectivity index (χ0v) is 12.8. The SMILES string of the molecule is C[CH2][Al]1[CH](c2ccccc2)CC[CH]1c1ccccc1. The van der Waals surface area contributed by atoms with Gasteiger partial charge in [-0.2, -0.15) is 0 Å². The van der Waals surface area contributed by atoms with Gasteiger partial charge in [0.2, 0.25) is 0 Å². The molecule has 0 N–H and O–H groups in total. The molecule has 2 aromatic carbocycles. The van der Waals surface area contributed by atoms with Crippen LogP contribution in [0.1, 0.15) is 40.5 Å². The highest BCUT2D eigenvalue weighted by Crippen LogP contribution is 2.43. The fraction of sp³-hybridized carbons (Fsp3) is 0.333. The highest BCUT2D eigenvalue weighted by Gasteiger charge is 2.41. The van der Waals surface area contributed by atoms with E-state index in [0.717, 1.165) is 9.56 Å². The van der Waals surface area contributed by atoms with Gasteiger partial charge in [0.05, 0.1) is 0 Å². The summed E-state index contributed by atoms with van der Waals surface area (Å²) >= 11 is -0.743. The van der Waals surface area contributed by atoms with Crippen LogP contribution >= 0.6 is 0 Å². The third-order valence-electron chi connectivity index (χ3n) is 4.75. The minimum atomic E-state index is -0.743. The minimum Gasteiger partial charge on any atom is -0.0959 e. The molecule has 0 saturated carbocycles. The minimum absolute atomic E-state index is 0.743. The van der Waals surface area contributed by atoms with Gasteiger partial charge in [0.1, 0.15) is 0 Å². The molecule has 19 heavy (non-hydrogen) atoms. The van der Waals surface area contributed by atoms with Crippen molar-refractivity contribution in [3.63, 3.8) is 0 Å². The van der Waals surface area contributed by atoms with Crippen molar-refractivity contribution < 1.29 is 0 Å². The fourth-order valence-corrected chi connectivity index (χ4v) is 8.24. The molecule has 1 aliphatic heterocycles. The van der Waals surface area contributed by atoms with Crippen LogP contribution in [0.25, 0.3) is 0 Å². The predicted octanol–water partition coefficient (Wildman–Crippen LogP) is 4.94. The summed E-state index contributed by atoms with van der Waals surface area (Å²) in [5, 5.41) is 1.42. The molecule has 0 aliphatic carbocycles. The smallest absolute Gasteiger partial charge is 0.0959 e. The average molecular weight is 264 g/mol. The Kier molecular flexibility index (Phi) is 4.07. The molecule has 0 amide bonds. The van der Waals surface area contributed by atoms with E-state index >= 15 is 0 Å². The van der Waals surface area contributed by atoms with E-state index in [9.17, 15) is 0 Å². The lowest BCUT2D eigenvalue weighted by Gasteiger charge is -2.19. The Morgan fingerprint density at radius 3 is 1.58 bits per heavy atom. The second kappa shape index (κ2) is 5.95. The van der Waals surface area contributed by atoms with Crippen LogP contribution in [0.3, 0.4) is 0 Å². The number of rotatable bonds is 3. The van der Waals surface area contributed by atoms with E-state index in [1.807, 2.05) is 0 Å². The summed E-state index contributed by atoms with van der Waals surface area (Å²) < 4.78 is 1.77. The van der Waals surface area contributed by atoms with E-state index in [-0.39, 0.29) is 0 Å². The first-order chi connectivity index (χ1) is 9.40. The molecule has 2 unspecified atom stereocenters. The van der Waals surface area contributed by atoms with Crippen molar-refractivity contribution in [3.8, 4) is 0 Å². The first-order valence-corrected chi connectivity index (χ1v) is 9.65. The summed E-state index contributed by atoms with van der Waals surface area (Å²) in [5.41, 5.74) is 3.19. The van der Waals surface area contributed by atoms with Gasteiger partial charge >= 0.3 is 0 Å². The Bertz CT molecular complexity index is 458. The second-order valence-electron chi connectivity index (χ2n) is 5.68. The summed E-state index contributed by atoms with van der Waals surface area (Å²) in [7, 11) is 0. The third kappa shape index (κ3) is 2.64. The topological polar surface area (TPSA) is 0 Å². The highest BCUT2D eigenvalue weighted by atomic mass is 27.2. The van der Waals surface area contributed by atoms with Gasteiger partial charge in [-0.05, 0) is 0 Å². The standard InChI is InChI=1S/C16H16.C2H5.Al/c1-3-9-15(10-4-1)13-7-8-14-16-11-5-2-6-12-16;1-2;/h1-6,9-14H,7-8H2;1H2,2H3;. The van der Waals surface area contributed by atoms with Gasteiger partial charge in [-0.15, -0.1) is 0 Å². The first-order valence-electron chi connectivity index (χ1n) is 7.50. The van der Waals surface area contributed by atoms with Crippen LogP contribution in [0.4, 0.5) is 0 Å². The van der Waals surface area contributed by atoms with Crippen LogP contribution in [-0.2, 0) is 0 Å². The molecule has 2 atom stereocenters. The van der Waals surface area contributed by atoms with E-state index < -0.39 is 14.1 Å². The maximum atomic E-state index is 2.41. The molecule has 3 rings (SSSR count). The van der Waals surface area contributed by atoms with E-state index in [4.69, 9.17) is 0 Å². The molecular formula is C18H21Al. The van der Waals surface area contributed by atoms with Crippen molar-refractivity contribution in [2.75, 3.05) is 0 Å². The molecule has 1 heteroatoms. The van der Waals surface area contributed by atoms with E-state index in [0.29, 0.717) is 0 Å². The monoisotopic (exact) mass is 264 g/mol. The molecule has 96 valence electrons. The molecule has 1 heterocycles. The highest BCUT2D eigenvalue weighted by molar-refractivity contribution is 6.63. The van der Waals surface area contributed by atoms with Gasteiger partial charge in [-0.3, -0.25) is 0 Å². The van der Waals surface area contributed by atoms with Crippen molar-refractivity contribution in [2.24, 2.45) is 0 Å². The summed E-state index contributed by atoms with van der Waals surface area (Å²) in [5.74, 6) is 0. The van der Waals surface area contributed by atoms with Crippen LogP contribution in [0, 0.1) is 0 Å². The van der Waals surface area contributed by atoms with Gasteiger partial charge in [-0.25, -0.2) is 0 Å². The van der Waals surface area contributed by atoms with Crippen molar-refractivity contribution in [2.45, 2.75) is 34.6 Å². The van der Waals surface area contributed by atoms with Gasteiger partial charge in [0, 0.05) is 0 Å². The lowest BCUT2D eigenvalue weighted by molar-refractivity contribution is 0.765. The molecule has 1 aliphatic rings. The van der Waals surface area contributed by atoms with Gasteiger partial charge in [0.15, 0.2) is 0 Å². The maximum absolute atomic E-state index is 2.41. The maximum Gasteiger partial charge on any atom is 0.280 e. The summed E-state index contributed by atoms with van der Waals surface area (Å²) in [6.45, 7) is 2.41. The van der Waals surface area contributed by atoms with Crippen molar-refractivity contribution in [3.05, 3.63) is 71.8 Å². The average Bonchev–Trinajstić information content (AvgIpc) is 2.93. The zero-order valence-electron chi connectivity index (χ0n) is 11.6. The van der Waals surface area contributed by atoms with Crippen LogP contribution < -0.4 is 0 Å². The van der Waals surface area contributed by atoms with Gasteiger partial charge in [0.25, 0.3) is 14.1 Å². The molecule has 0 aromatic heterocycles. The van der Waals surface area contributed by atoms with Crippen molar-refractivity contribution in [1.29, 1.82) is 0 Å². The molecule has 0 spiro atoms. The Labute approximate surface area is 120 Å². The van der Waals surface area contributed by atoms with E-state index in [1.165, 1.54) is 18.1 Å². The Balaban J connectivity index is 1.87. The summed E-state index contributed by atoms with van der Waals surface area (Å²) in [6, 6.07) is 22.4. The van der Waals surface area contributed by atoms with E-state index in [2.05, 4.69) is 67.6 Å². The van der Waals surface area contributed by atoms with E-state index in [1.54, 1.807) is 11.1 Å². The second-order valence-corrected chi connectivity index (χ2v) is 9.44. The van der Waals surface area contributed by atoms with Crippen LogP contribution in [0.15, 0.2) is 60.7 Å². The van der Waals surface area contributed by atoms with Crippen LogP contribution in [0.2, 0.25) is 5.28 Å². The lowest BCUT2D eigenvalue weighted by Crippen LogP contribution is -2.23. The molecule has 0 nitrogen and oxygen atoms in total. The normalized spacial score (nSPS) is 22.7. The number of hydrogen-bond acceptors (Lipinski definition) is 0. The predicted molar refractivity (Wildman–Crippen MR) is 83.8 cm³/mol. The van der Waals surface area contributed by atoms with Crippen LogP contribution in [-0.4, -0.2) is 14.1 Å². The van der Waals surface area contributed by atoms with Gasteiger partial charge < -0.3 is 0 Å². The lowest BCUT2D eigenvalue weighted by atomic mass is 10.0. The fourth-order valence-electron chi connectivity index (χ4n) is 3.86. The van der Waals surface area contributed by atoms with Gasteiger partial charge in [-0.1, -0.05) is 106 Å². The molecular weight excluding hydrogens is 243 g/mol.